The normalized spacial score (nSPS) is 11.1. The van der Waals surface area contributed by atoms with Gasteiger partial charge in [-0.2, -0.15) is 5.10 Å². The van der Waals surface area contributed by atoms with Crippen molar-refractivity contribution in [2.45, 2.75) is 53.8 Å². The molecule has 1 amide bonds. The van der Waals surface area contributed by atoms with Crippen molar-refractivity contribution in [2.24, 2.45) is 0 Å². The molecule has 2 aromatic rings. The Morgan fingerprint density at radius 1 is 1.17 bits per heavy atom. The van der Waals surface area contributed by atoms with E-state index in [1.807, 2.05) is 50.6 Å². The molecule has 1 heterocycles. The fourth-order valence-electron chi connectivity index (χ4n) is 3.12. The van der Waals surface area contributed by atoms with Crippen LogP contribution < -0.4 is 5.32 Å². The van der Waals surface area contributed by atoms with Gasteiger partial charge in [-0.25, -0.2) is 0 Å². The van der Waals surface area contributed by atoms with Crippen molar-refractivity contribution < 1.29 is 14.3 Å². The number of benzene rings is 1. The lowest BCUT2D eigenvalue weighted by atomic mass is 10.2. The van der Waals surface area contributed by atoms with Gasteiger partial charge in [-0.15, -0.1) is 0 Å². The van der Waals surface area contributed by atoms with E-state index in [9.17, 15) is 9.59 Å². The van der Waals surface area contributed by atoms with Crippen molar-refractivity contribution >= 4 is 11.9 Å². The van der Waals surface area contributed by atoms with Crippen molar-refractivity contribution in [3.05, 3.63) is 52.8 Å². The number of hydrogen-bond acceptors (Lipinski definition) is 5. The fourth-order valence-corrected chi connectivity index (χ4v) is 3.12. The molecule has 7 heteroatoms. The van der Waals surface area contributed by atoms with Crippen LogP contribution in [0.3, 0.4) is 0 Å². The van der Waals surface area contributed by atoms with Crippen molar-refractivity contribution in [2.75, 3.05) is 19.7 Å². The molecule has 0 aliphatic rings. The monoisotopic (exact) mass is 400 g/mol. The van der Waals surface area contributed by atoms with Crippen LogP contribution in [0.4, 0.5) is 0 Å². The predicted octanol–water partition coefficient (Wildman–Crippen LogP) is 2.44. The number of nitrogens with one attached hydrogen (secondary N) is 1. The molecule has 1 N–H and O–H groups in total. The summed E-state index contributed by atoms with van der Waals surface area (Å²) in [5, 5.41) is 7.59. The number of ether oxygens (including phenoxy) is 1. The Hall–Kier alpha value is -2.67. The molecule has 0 atom stereocenters. The van der Waals surface area contributed by atoms with E-state index in [0.717, 1.165) is 17.0 Å². The highest BCUT2D eigenvalue weighted by Crippen LogP contribution is 2.14. The number of aromatic nitrogens is 2. The highest BCUT2D eigenvalue weighted by Gasteiger charge is 2.19. The van der Waals surface area contributed by atoms with E-state index in [-0.39, 0.29) is 31.0 Å². The van der Waals surface area contributed by atoms with E-state index in [1.165, 1.54) is 5.56 Å². The number of carbonyl (C=O) groups excluding carboxylic acids is 2. The second-order valence-corrected chi connectivity index (χ2v) is 7.37. The van der Waals surface area contributed by atoms with E-state index in [0.29, 0.717) is 19.7 Å². The Morgan fingerprint density at radius 2 is 1.86 bits per heavy atom. The number of rotatable bonds is 10. The molecule has 0 radical (unpaired) electrons. The van der Waals surface area contributed by atoms with Gasteiger partial charge in [-0.05, 0) is 40.2 Å². The van der Waals surface area contributed by atoms with Gasteiger partial charge in [0.05, 0.1) is 31.9 Å². The standard InChI is InChI=1S/C22H32N4O3/c1-6-29-22(28)15-25(16(2)3)14-21(27)23-12-20-17(4)24-26(18(20)5)13-19-10-8-7-9-11-19/h7-11,16H,6,12-15H2,1-5H3,(H,23,27). The maximum atomic E-state index is 12.5. The van der Waals surface area contributed by atoms with Crippen LogP contribution in [0.25, 0.3) is 0 Å². The highest BCUT2D eigenvalue weighted by molar-refractivity contribution is 5.79. The molecule has 0 saturated carbocycles. The molecule has 0 unspecified atom stereocenters. The van der Waals surface area contributed by atoms with Crippen LogP contribution in [0, 0.1) is 13.8 Å². The van der Waals surface area contributed by atoms with Crippen LogP contribution in [0.2, 0.25) is 0 Å². The average molecular weight is 401 g/mol. The van der Waals surface area contributed by atoms with Crippen molar-refractivity contribution in [3.63, 3.8) is 0 Å². The summed E-state index contributed by atoms with van der Waals surface area (Å²) >= 11 is 0. The molecule has 7 nitrogen and oxygen atoms in total. The zero-order valence-electron chi connectivity index (χ0n) is 18.1. The van der Waals surface area contributed by atoms with Crippen LogP contribution in [0.1, 0.15) is 43.3 Å². The Bertz CT molecular complexity index is 815. The zero-order valence-corrected chi connectivity index (χ0v) is 18.1. The Morgan fingerprint density at radius 3 is 2.48 bits per heavy atom. The predicted molar refractivity (Wildman–Crippen MR) is 112 cm³/mol. The first kappa shape index (κ1) is 22.6. The van der Waals surface area contributed by atoms with E-state index in [4.69, 9.17) is 4.74 Å². The maximum Gasteiger partial charge on any atom is 0.320 e. The topological polar surface area (TPSA) is 76.5 Å². The molecule has 1 aromatic heterocycles. The minimum absolute atomic E-state index is 0.0576. The van der Waals surface area contributed by atoms with Crippen molar-refractivity contribution in [3.8, 4) is 0 Å². The van der Waals surface area contributed by atoms with Gasteiger partial charge in [0.25, 0.3) is 0 Å². The van der Waals surface area contributed by atoms with Gasteiger partial charge in [0.2, 0.25) is 5.91 Å². The molecule has 2 rings (SSSR count). The first-order valence-corrected chi connectivity index (χ1v) is 10.0. The van der Waals surface area contributed by atoms with Gasteiger partial charge in [-0.3, -0.25) is 19.2 Å². The van der Waals surface area contributed by atoms with Crippen molar-refractivity contribution in [1.29, 1.82) is 0 Å². The fraction of sp³-hybridized carbons (Fsp3) is 0.500. The van der Waals surface area contributed by atoms with E-state index < -0.39 is 0 Å². The molecule has 0 aliphatic heterocycles. The van der Waals surface area contributed by atoms with Crippen LogP contribution >= 0.6 is 0 Å². The molecule has 158 valence electrons. The Kier molecular flexibility index (Phi) is 8.39. The molecule has 1 aromatic carbocycles. The lowest BCUT2D eigenvalue weighted by molar-refractivity contribution is -0.145. The number of nitrogens with zero attached hydrogens (tertiary/aromatic N) is 3. The minimum atomic E-state index is -0.317. The number of aryl methyl sites for hydroxylation is 1. The quantitative estimate of drug-likeness (QED) is 0.620. The average Bonchev–Trinajstić information content (AvgIpc) is 2.93. The smallest absolute Gasteiger partial charge is 0.320 e. The van der Waals surface area contributed by atoms with Gasteiger partial charge in [0, 0.05) is 23.8 Å². The largest absolute Gasteiger partial charge is 0.465 e. The third kappa shape index (κ3) is 6.71. The van der Waals surface area contributed by atoms with Gasteiger partial charge < -0.3 is 10.1 Å². The summed E-state index contributed by atoms with van der Waals surface area (Å²) in [6, 6.07) is 10.2. The summed E-state index contributed by atoms with van der Waals surface area (Å²) < 4.78 is 6.96. The van der Waals surface area contributed by atoms with Gasteiger partial charge in [0.1, 0.15) is 0 Å². The minimum Gasteiger partial charge on any atom is -0.465 e. The highest BCUT2D eigenvalue weighted by atomic mass is 16.5. The molecule has 0 spiro atoms. The second kappa shape index (κ2) is 10.8. The lowest BCUT2D eigenvalue weighted by Crippen LogP contribution is -2.43. The van der Waals surface area contributed by atoms with Crippen LogP contribution in [0.5, 0.6) is 0 Å². The number of hydrogen-bond donors (Lipinski definition) is 1. The van der Waals surface area contributed by atoms with Gasteiger partial charge in [-0.1, -0.05) is 30.3 Å². The third-order valence-corrected chi connectivity index (χ3v) is 4.88. The number of amides is 1. The first-order valence-electron chi connectivity index (χ1n) is 10.0. The molecule has 0 bridgehead atoms. The number of esters is 1. The molecule has 0 saturated heterocycles. The van der Waals surface area contributed by atoms with Crippen LogP contribution in [-0.4, -0.2) is 52.3 Å². The Labute approximate surface area is 173 Å². The van der Waals surface area contributed by atoms with Crippen LogP contribution in [0.15, 0.2) is 30.3 Å². The lowest BCUT2D eigenvalue weighted by Gasteiger charge is -2.24. The van der Waals surface area contributed by atoms with Crippen LogP contribution in [-0.2, 0) is 27.4 Å². The second-order valence-electron chi connectivity index (χ2n) is 7.37. The van der Waals surface area contributed by atoms with Gasteiger partial charge in [0.15, 0.2) is 0 Å². The summed E-state index contributed by atoms with van der Waals surface area (Å²) in [6.45, 7) is 11.3. The maximum absolute atomic E-state index is 12.5. The summed E-state index contributed by atoms with van der Waals surface area (Å²) in [5.74, 6) is -0.444. The Balaban J connectivity index is 1.96. The summed E-state index contributed by atoms with van der Waals surface area (Å²) in [4.78, 5) is 26.0. The molecule has 0 fully saturated rings. The van der Waals surface area contributed by atoms with E-state index >= 15 is 0 Å². The summed E-state index contributed by atoms with van der Waals surface area (Å²) in [5.41, 5.74) is 4.15. The zero-order chi connectivity index (χ0) is 21.4. The van der Waals surface area contributed by atoms with Gasteiger partial charge >= 0.3 is 5.97 Å². The summed E-state index contributed by atoms with van der Waals surface area (Å²) in [7, 11) is 0. The molecular weight excluding hydrogens is 368 g/mol. The van der Waals surface area contributed by atoms with Crippen molar-refractivity contribution in [1.82, 2.24) is 20.0 Å². The third-order valence-electron chi connectivity index (χ3n) is 4.88. The molecule has 0 aliphatic carbocycles. The summed E-state index contributed by atoms with van der Waals surface area (Å²) in [6.07, 6.45) is 0. The first-order chi connectivity index (χ1) is 13.8. The van der Waals surface area contributed by atoms with E-state index in [2.05, 4.69) is 22.5 Å². The molecule has 29 heavy (non-hydrogen) atoms. The molecular formula is C22H32N4O3. The number of carbonyl (C=O) groups is 2. The SMILES string of the molecule is CCOC(=O)CN(CC(=O)NCc1c(C)nn(Cc2ccccc2)c1C)C(C)C. The van der Waals surface area contributed by atoms with E-state index in [1.54, 1.807) is 11.8 Å².